The van der Waals surface area contributed by atoms with Gasteiger partial charge in [0.25, 0.3) is 5.91 Å². The van der Waals surface area contributed by atoms with E-state index < -0.39 is 5.82 Å². The van der Waals surface area contributed by atoms with Crippen molar-refractivity contribution < 1.29 is 9.18 Å². The second-order valence-electron chi connectivity index (χ2n) is 5.43. The van der Waals surface area contributed by atoms with Gasteiger partial charge in [-0.2, -0.15) is 5.10 Å². The van der Waals surface area contributed by atoms with Gasteiger partial charge in [0.2, 0.25) is 0 Å². The Labute approximate surface area is 189 Å². The zero-order valence-electron chi connectivity index (χ0n) is 14.6. The van der Waals surface area contributed by atoms with Crippen LogP contribution in [0.2, 0.25) is 10.0 Å². The van der Waals surface area contributed by atoms with Gasteiger partial charge in [-0.25, -0.2) is 9.82 Å². The van der Waals surface area contributed by atoms with Crippen molar-refractivity contribution in [3.63, 3.8) is 0 Å². The van der Waals surface area contributed by atoms with Gasteiger partial charge in [0, 0.05) is 16.3 Å². The summed E-state index contributed by atoms with van der Waals surface area (Å²) in [5, 5.41) is 12.8. The molecule has 0 spiro atoms. The minimum absolute atomic E-state index is 0.103. The first-order valence-electron chi connectivity index (χ1n) is 8.11. The van der Waals surface area contributed by atoms with Crippen molar-refractivity contribution in [1.82, 2.24) is 15.6 Å². The fraction of sp³-hybridized carbons (Fsp3) is 0.111. The third-order valence-corrected chi connectivity index (χ3v) is 7.34. The van der Waals surface area contributed by atoms with Gasteiger partial charge in [-0.15, -0.1) is 10.2 Å². The largest absolute Gasteiger partial charge is 0.272 e. The normalized spacial score (nSPS) is 11.1. The van der Waals surface area contributed by atoms with Gasteiger partial charge in [0.05, 0.1) is 17.0 Å². The summed E-state index contributed by atoms with van der Waals surface area (Å²) < 4.78 is 15.1. The summed E-state index contributed by atoms with van der Waals surface area (Å²) in [4.78, 5) is 11.9. The standard InChI is InChI=1S/C18H13Cl2FN4OS3/c19-13-5-2-1-4-11(13)9-27-17-24-25-18(29-17)28-10-16(26)23-22-8-12-14(20)6-3-7-15(12)21/h1-8H,9-10H2,(H,23,26). The van der Waals surface area contributed by atoms with Crippen LogP contribution in [0.5, 0.6) is 0 Å². The SMILES string of the molecule is O=C(CSc1nnc(SCc2ccccc2Cl)s1)NN=Cc1c(F)cccc1Cl. The number of aromatic nitrogens is 2. The number of nitrogens with zero attached hydrogens (tertiary/aromatic N) is 3. The maximum Gasteiger partial charge on any atom is 0.250 e. The molecule has 3 aromatic rings. The summed E-state index contributed by atoms with van der Waals surface area (Å²) in [6, 6.07) is 11.9. The number of amides is 1. The van der Waals surface area contributed by atoms with Crippen LogP contribution in [0.25, 0.3) is 0 Å². The van der Waals surface area contributed by atoms with Crippen LogP contribution in [0, 0.1) is 5.82 Å². The average Bonchev–Trinajstić information content (AvgIpc) is 3.16. The Hall–Kier alpha value is -1.65. The molecule has 1 aromatic heterocycles. The van der Waals surface area contributed by atoms with Crippen molar-refractivity contribution in [3.05, 3.63) is 69.5 Å². The van der Waals surface area contributed by atoms with Crippen molar-refractivity contribution in [3.8, 4) is 0 Å². The third-order valence-electron chi connectivity index (χ3n) is 3.41. The Morgan fingerprint density at radius 2 is 1.83 bits per heavy atom. The molecule has 0 radical (unpaired) electrons. The van der Waals surface area contributed by atoms with E-state index in [4.69, 9.17) is 23.2 Å². The van der Waals surface area contributed by atoms with Crippen LogP contribution in [0.3, 0.4) is 0 Å². The molecule has 0 fully saturated rings. The average molecular weight is 487 g/mol. The van der Waals surface area contributed by atoms with E-state index in [2.05, 4.69) is 20.7 Å². The highest BCUT2D eigenvalue weighted by atomic mass is 35.5. The Morgan fingerprint density at radius 1 is 1.10 bits per heavy atom. The zero-order chi connectivity index (χ0) is 20.6. The van der Waals surface area contributed by atoms with Crippen LogP contribution in [0.15, 0.2) is 56.2 Å². The van der Waals surface area contributed by atoms with Gasteiger partial charge in [-0.3, -0.25) is 4.79 Å². The molecule has 2 aromatic carbocycles. The Bertz CT molecular complexity index is 1010. The lowest BCUT2D eigenvalue weighted by Gasteiger charge is -2.01. The summed E-state index contributed by atoms with van der Waals surface area (Å²) in [5.41, 5.74) is 3.48. The second kappa shape index (κ2) is 10.9. The number of hydrogen-bond acceptors (Lipinski definition) is 7. The summed E-state index contributed by atoms with van der Waals surface area (Å²) in [7, 11) is 0. The first kappa shape index (κ1) is 22.0. The van der Waals surface area contributed by atoms with Gasteiger partial charge >= 0.3 is 0 Å². The molecule has 0 saturated carbocycles. The zero-order valence-corrected chi connectivity index (χ0v) is 18.6. The number of nitrogens with one attached hydrogen (secondary N) is 1. The summed E-state index contributed by atoms with van der Waals surface area (Å²) >= 11 is 16.2. The van der Waals surface area contributed by atoms with Crippen molar-refractivity contribution in [1.29, 1.82) is 0 Å². The van der Waals surface area contributed by atoms with Crippen LogP contribution in [-0.4, -0.2) is 28.1 Å². The third kappa shape index (κ3) is 6.68. The lowest BCUT2D eigenvalue weighted by atomic mass is 10.2. The van der Waals surface area contributed by atoms with Crippen LogP contribution < -0.4 is 5.43 Å². The number of carbonyl (C=O) groups is 1. The van der Waals surface area contributed by atoms with E-state index in [1.165, 1.54) is 53.2 Å². The van der Waals surface area contributed by atoms with Gasteiger partial charge in [0.15, 0.2) is 8.68 Å². The molecular weight excluding hydrogens is 474 g/mol. The molecule has 29 heavy (non-hydrogen) atoms. The van der Waals surface area contributed by atoms with E-state index in [0.29, 0.717) is 15.1 Å². The van der Waals surface area contributed by atoms with Crippen molar-refractivity contribution in [2.45, 2.75) is 14.4 Å². The minimum atomic E-state index is -0.513. The highest BCUT2D eigenvalue weighted by molar-refractivity contribution is 8.03. The molecule has 5 nitrogen and oxygen atoms in total. The maximum atomic E-state index is 13.6. The van der Waals surface area contributed by atoms with Crippen LogP contribution in [0.4, 0.5) is 4.39 Å². The minimum Gasteiger partial charge on any atom is -0.272 e. The highest BCUT2D eigenvalue weighted by Crippen LogP contribution is 2.32. The molecule has 0 aliphatic carbocycles. The van der Waals surface area contributed by atoms with Gasteiger partial charge in [-0.1, -0.05) is 82.3 Å². The van der Waals surface area contributed by atoms with Crippen LogP contribution in [-0.2, 0) is 10.5 Å². The highest BCUT2D eigenvalue weighted by Gasteiger charge is 2.10. The summed E-state index contributed by atoms with van der Waals surface area (Å²) in [6.45, 7) is 0. The molecule has 0 aliphatic rings. The maximum absolute atomic E-state index is 13.6. The van der Waals surface area contributed by atoms with Gasteiger partial charge in [-0.05, 0) is 23.8 Å². The molecule has 150 valence electrons. The Kier molecular flexibility index (Phi) is 8.31. The van der Waals surface area contributed by atoms with Crippen molar-refractivity contribution in [2.75, 3.05) is 5.75 Å². The molecule has 3 rings (SSSR count). The Morgan fingerprint density at radius 3 is 2.59 bits per heavy atom. The number of rotatable bonds is 8. The first-order chi connectivity index (χ1) is 14.0. The van der Waals surface area contributed by atoms with E-state index in [9.17, 15) is 9.18 Å². The topological polar surface area (TPSA) is 67.2 Å². The first-order valence-corrected chi connectivity index (χ1v) is 11.7. The van der Waals surface area contributed by atoms with Gasteiger partial charge < -0.3 is 0 Å². The monoisotopic (exact) mass is 486 g/mol. The van der Waals surface area contributed by atoms with Crippen molar-refractivity contribution >= 4 is 70.2 Å². The molecule has 0 aliphatic heterocycles. The number of benzene rings is 2. The fourth-order valence-corrected chi connectivity index (χ4v) is 5.34. The summed E-state index contributed by atoms with van der Waals surface area (Å²) in [6.07, 6.45) is 1.18. The van der Waals surface area contributed by atoms with E-state index in [1.54, 1.807) is 6.07 Å². The lowest BCUT2D eigenvalue weighted by molar-refractivity contribution is -0.118. The quantitative estimate of drug-likeness (QED) is 0.258. The predicted octanol–water partition coefficient (Wildman–Crippen LogP) is 5.52. The van der Waals surface area contributed by atoms with Crippen LogP contribution >= 0.6 is 58.1 Å². The number of halogens is 3. The van der Waals surface area contributed by atoms with E-state index >= 15 is 0 Å². The molecule has 1 N–H and O–H groups in total. The molecule has 0 saturated heterocycles. The van der Waals surface area contributed by atoms with E-state index in [0.717, 1.165) is 9.90 Å². The second-order valence-corrected chi connectivity index (χ2v) is 9.67. The number of thioether (sulfide) groups is 2. The van der Waals surface area contributed by atoms with E-state index in [1.807, 2.05) is 24.3 Å². The molecule has 0 unspecified atom stereocenters. The number of carbonyl (C=O) groups excluding carboxylic acids is 1. The van der Waals surface area contributed by atoms with E-state index in [-0.39, 0.29) is 22.2 Å². The fourth-order valence-electron chi connectivity index (χ4n) is 2.03. The molecular formula is C18H13Cl2FN4OS3. The summed E-state index contributed by atoms with van der Waals surface area (Å²) in [5.74, 6) is -0.0707. The molecule has 11 heteroatoms. The lowest BCUT2D eigenvalue weighted by Crippen LogP contribution is -2.19. The molecule has 0 atom stereocenters. The molecule has 1 amide bonds. The van der Waals surface area contributed by atoms with Crippen LogP contribution in [0.1, 0.15) is 11.1 Å². The number of hydrogen-bond donors (Lipinski definition) is 1. The predicted molar refractivity (Wildman–Crippen MR) is 119 cm³/mol. The molecule has 1 heterocycles. The smallest absolute Gasteiger partial charge is 0.250 e. The number of hydrazone groups is 1. The Balaban J connectivity index is 1.45. The molecule has 0 bridgehead atoms. The van der Waals surface area contributed by atoms with Crippen molar-refractivity contribution in [2.24, 2.45) is 5.10 Å². The van der Waals surface area contributed by atoms with Gasteiger partial charge in [0.1, 0.15) is 5.82 Å².